The third kappa shape index (κ3) is 1.28. The molecule has 2 aromatic rings. The maximum atomic E-state index is 5.70. The van der Waals surface area contributed by atoms with E-state index in [-0.39, 0.29) is 0 Å². The van der Waals surface area contributed by atoms with Crippen molar-refractivity contribution >= 4 is 26.8 Å². The number of halogens is 1. The molecule has 74 valence electrons. The molecule has 0 aliphatic rings. The standard InChI is InChI=1S/C11H13BrN2/c1-7-3-4-9-8(5-7)11(12)10(6-13)14(9)2/h3-5H,6,13H2,1-2H3. The van der Waals surface area contributed by atoms with E-state index in [1.54, 1.807) is 0 Å². The zero-order valence-electron chi connectivity index (χ0n) is 8.34. The summed E-state index contributed by atoms with van der Waals surface area (Å²) >= 11 is 3.60. The minimum Gasteiger partial charge on any atom is -0.345 e. The fourth-order valence-corrected chi connectivity index (χ4v) is 2.54. The van der Waals surface area contributed by atoms with Crippen LogP contribution in [0.3, 0.4) is 0 Å². The van der Waals surface area contributed by atoms with Crippen LogP contribution in [0.25, 0.3) is 10.9 Å². The van der Waals surface area contributed by atoms with E-state index < -0.39 is 0 Å². The van der Waals surface area contributed by atoms with Gasteiger partial charge in [0.25, 0.3) is 0 Å². The Labute approximate surface area is 91.8 Å². The molecule has 0 atom stereocenters. The molecule has 1 aromatic carbocycles. The lowest BCUT2D eigenvalue weighted by atomic mass is 10.2. The number of nitrogens with zero attached hydrogens (tertiary/aromatic N) is 1. The summed E-state index contributed by atoms with van der Waals surface area (Å²) in [5, 5.41) is 1.24. The molecule has 1 aromatic heterocycles. The van der Waals surface area contributed by atoms with Crippen LogP contribution in [0.4, 0.5) is 0 Å². The van der Waals surface area contributed by atoms with Crippen molar-refractivity contribution in [1.82, 2.24) is 4.57 Å². The zero-order chi connectivity index (χ0) is 10.3. The predicted octanol–water partition coefficient (Wildman–Crippen LogP) is 2.71. The Morgan fingerprint density at radius 3 is 2.79 bits per heavy atom. The van der Waals surface area contributed by atoms with Gasteiger partial charge in [0.2, 0.25) is 0 Å². The molecule has 0 amide bonds. The number of hydrogen-bond acceptors (Lipinski definition) is 1. The molecule has 14 heavy (non-hydrogen) atoms. The summed E-state index contributed by atoms with van der Waals surface area (Å²) in [5.74, 6) is 0. The second-order valence-corrected chi connectivity index (χ2v) is 4.34. The van der Waals surface area contributed by atoms with E-state index >= 15 is 0 Å². The number of hydrogen-bond donors (Lipinski definition) is 1. The van der Waals surface area contributed by atoms with Crippen molar-refractivity contribution in [1.29, 1.82) is 0 Å². The molecule has 2 nitrogen and oxygen atoms in total. The first-order chi connectivity index (χ1) is 6.65. The first kappa shape index (κ1) is 9.74. The minimum absolute atomic E-state index is 0.560. The van der Waals surface area contributed by atoms with Crippen LogP contribution in [0.2, 0.25) is 0 Å². The van der Waals surface area contributed by atoms with Crippen molar-refractivity contribution in [3.63, 3.8) is 0 Å². The summed E-state index contributed by atoms with van der Waals surface area (Å²) < 4.78 is 3.26. The van der Waals surface area contributed by atoms with Crippen molar-refractivity contribution in [2.24, 2.45) is 12.8 Å². The maximum Gasteiger partial charge on any atom is 0.0492 e. The second-order valence-electron chi connectivity index (χ2n) is 3.54. The molecule has 0 saturated heterocycles. The minimum atomic E-state index is 0.560. The molecule has 2 rings (SSSR count). The third-order valence-corrected chi connectivity index (χ3v) is 3.49. The van der Waals surface area contributed by atoms with Crippen LogP contribution in [0.1, 0.15) is 11.3 Å². The van der Waals surface area contributed by atoms with Gasteiger partial charge in [0.05, 0.1) is 0 Å². The quantitative estimate of drug-likeness (QED) is 0.832. The first-order valence-corrected chi connectivity index (χ1v) is 5.38. The van der Waals surface area contributed by atoms with Gasteiger partial charge in [-0.25, -0.2) is 0 Å². The molecule has 0 bridgehead atoms. The molecule has 2 N–H and O–H groups in total. The summed E-state index contributed by atoms with van der Waals surface area (Å²) in [7, 11) is 2.05. The number of aromatic nitrogens is 1. The van der Waals surface area contributed by atoms with Crippen molar-refractivity contribution in [2.45, 2.75) is 13.5 Å². The van der Waals surface area contributed by atoms with E-state index in [1.165, 1.54) is 16.5 Å². The van der Waals surface area contributed by atoms with Gasteiger partial charge in [0.15, 0.2) is 0 Å². The highest BCUT2D eigenvalue weighted by atomic mass is 79.9. The summed E-state index contributed by atoms with van der Waals surface area (Å²) in [6, 6.07) is 6.43. The number of aryl methyl sites for hydroxylation is 2. The van der Waals surface area contributed by atoms with Crippen LogP contribution in [0.5, 0.6) is 0 Å². The van der Waals surface area contributed by atoms with Crippen LogP contribution < -0.4 is 5.73 Å². The smallest absolute Gasteiger partial charge is 0.0492 e. The highest BCUT2D eigenvalue weighted by Gasteiger charge is 2.10. The van der Waals surface area contributed by atoms with Gasteiger partial charge in [-0.2, -0.15) is 0 Å². The summed E-state index contributed by atoms with van der Waals surface area (Å²) in [5.41, 5.74) is 9.34. The Morgan fingerprint density at radius 2 is 2.14 bits per heavy atom. The van der Waals surface area contributed by atoms with Gasteiger partial charge >= 0.3 is 0 Å². The average molecular weight is 253 g/mol. The average Bonchev–Trinajstić information content (AvgIpc) is 2.39. The van der Waals surface area contributed by atoms with Crippen LogP contribution >= 0.6 is 15.9 Å². The lowest BCUT2D eigenvalue weighted by molar-refractivity contribution is 0.844. The largest absolute Gasteiger partial charge is 0.345 e. The maximum absolute atomic E-state index is 5.70. The molecular formula is C11H13BrN2. The highest BCUT2D eigenvalue weighted by molar-refractivity contribution is 9.10. The van der Waals surface area contributed by atoms with Crippen LogP contribution in [0, 0.1) is 6.92 Å². The third-order valence-electron chi connectivity index (χ3n) is 2.60. The number of benzene rings is 1. The Balaban J connectivity index is 2.87. The van der Waals surface area contributed by atoms with Gasteiger partial charge in [-0.1, -0.05) is 11.6 Å². The van der Waals surface area contributed by atoms with E-state index in [9.17, 15) is 0 Å². The summed E-state index contributed by atoms with van der Waals surface area (Å²) in [6.45, 7) is 2.66. The van der Waals surface area contributed by atoms with Crippen molar-refractivity contribution in [3.05, 3.63) is 33.9 Å². The summed E-state index contributed by atoms with van der Waals surface area (Å²) in [6.07, 6.45) is 0. The normalized spacial score (nSPS) is 11.1. The van der Waals surface area contributed by atoms with Crippen LogP contribution in [0.15, 0.2) is 22.7 Å². The van der Waals surface area contributed by atoms with Crippen LogP contribution in [-0.4, -0.2) is 4.57 Å². The molecule has 0 aliphatic heterocycles. The number of nitrogens with two attached hydrogens (primary N) is 1. The first-order valence-electron chi connectivity index (χ1n) is 4.58. The molecule has 0 saturated carbocycles. The topological polar surface area (TPSA) is 30.9 Å². The zero-order valence-corrected chi connectivity index (χ0v) is 9.93. The van der Waals surface area contributed by atoms with Gasteiger partial charge in [-0.15, -0.1) is 0 Å². The van der Waals surface area contributed by atoms with Gasteiger partial charge in [0.1, 0.15) is 0 Å². The Bertz CT molecular complexity index is 485. The Hall–Kier alpha value is -0.800. The molecule has 0 unspecified atom stereocenters. The lowest BCUT2D eigenvalue weighted by Gasteiger charge is -2.00. The fourth-order valence-electron chi connectivity index (χ4n) is 1.79. The molecule has 0 aliphatic carbocycles. The Morgan fingerprint density at radius 1 is 1.43 bits per heavy atom. The lowest BCUT2D eigenvalue weighted by Crippen LogP contribution is -2.03. The fraction of sp³-hybridized carbons (Fsp3) is 0.273. The predicted molar refractivity (Wildman–Crippen MR) is 63.2 cm³/mol. The molecule has 0 fully saturated rings. The van der Waals surface area contributed by atoms with E-state index in [1.807, 2.05) is 7.05 Å². The van der Waals surface area contributed by atoms with Gasteiger partial charge in [-0.05, 0) is 35.0 Å². The van der Waals surface area contributed by atoms with E-state index in [0.29, 0.717) is 6.54 Å². The number of fused-ring (bicyclic) bond motifs is 1. The molecule has 1 heterocycles. The molecular weight excluding hydrogens is 240 g/mol. The van der Waals surface area contributed by atoms with Gasteiger partial charge in [0, 0.05) is 34.7 Å². The molecule has 0 radical (unpaired) electrons. The van der Waals surface area contributed by atoms with Crippen molar-refractivity contribution in [2.75, 3.05) is 0 Å². The van der Waals surface area contributed by atoms with Gasteiger partial charge in [-0.3, -0.25) is 0 Å². The highest BCUT2D eigenvalue weighted by Crippen LogP contribution is 2.30. The monoisotopic (exact) mass is 252 g/mol. The summed E-state index contributed by atoms with van der Waals surface area (Å²) in [4.78, 5) is 0. The van der Waals surface area contributed by atoms with E-state index in [4.69, 9.17) is 5.73 Å². The number of rotatable bonds is 1. The second kappa shape index (κ2) is 3.41. The van der Waals surface area contributed by atoms with Crippen molar-refractivity contribution in [3.8, 4) is 0 Å². The van der Waals surface area contributed by atoms with E-state index in [2.05, 4.69) is 45.6 Å². The van der Waals surface area contributed by atoms with Crippen LogP contribution in [-0.2, 0) is 13.6 Å². The molecule has 0 spiro atoms. The Kier molecular flexibility index (Phi) is 2.37. The van der Waals surface area contributed by atoms with Crippen molar-refractivity contribution < 1.29 is 0 Å². The van der Waals surface area contributed by atoms with E-state index in [0.717, 1.165) is 10.2 Å². The van der Waals surface area contributed by atoms with Gasteiger partial charge < -0.3 is 10.3 Å². The SMILES string of the molecule is Cc1ccc2c(c1)c(Br)c(CN)n2C. The molecule has 3 heteroatoms.